The van der Waals surface area contributed by atoms with E-state index in [1.54, 1.807) is 16.0 Å². The molecule has 1 aliphatic heterocycles. The zero-order chi connectivity index (χ0) is 18.4. The molecule has 1 amide bonds. The average molecular weight is 369 g/mol. The van der Waals surface area contributed by atoms with Crippen LogP contribution >= 0.6 is 11.3 Å². The lowest BCUT2D eigenvalue weighted by molar-refractivity contribution is 0.0739. The van der Waals surface area contributed by atoms with E-state index in [0.717, 1.165) is 47.4 Å². The Morgan fingerprint density at radius 3 is 2.88 bits per heavy atom. The monoisotopic (exact) mass is 368 g/mol. The molecule has 1 fully saturated rings. The summed E-state index contributed by atoms with van der Waals surface area (Å²) in [6, 6.07) is 6.37. The first-order valence-electron chi connectivity index (χ1n) is 9.16. The van der Waals surface area contributed by atoms with Gasteiger partial charge in [0.05, 0.1) is 22.7 Å². The minimum absolute atomic E-state index is 0.103. The first-order valence-corrected chi connectivity index (χ1v) is 10.0. The van der Waals surface area contributed by atoms with Gasteiger partial charge in [0, 0.05) is 24.2 Å². The molecule has 0 aliphatic carbocycles. The number of aromatic nitrogens is 3. The molecule has 1 atom stereocenters. The molecule has 3 aromatic rings. The van der Waals surface area contributed by atoms with Crippen LogP contribution in [0.1, 0.15) is 65.3 Å². The molecule has 136 valence electrons. The summed E-state index contributed by atoms with van der Waals surface area (Å²) in [4.78, 5) is 21.6. The van der Waals surface area contributed by atoms with E-state index in [-0.39, 0.29) is 17.9 Å². The second-order valence-electron chi connectivity index (χ2n) is 7.33. The van der Waals surface area contributed by atoms with Crippen molar-refractivity contribution in [1.29, 1.82) is 0 Å². The fraction of sp³-hybridized carbons (Fsp3) is 0.450. The lowest BCUT2D eigenvalue weighted by Crippen LogP contribution is -2.30. The van der Waals surface area contributed by atoms with E-state index >= 15 is 0 Å². The number of hydrogen-bond acceptors (Lipinski definition) is 4. The smallest absolute Gasteiger partial charge is 0.255 e. The van der Waals surface area contributed by atoms with E-state index in [4.69, 9.17) is 4.98 Å². The summed E-state index contributed by atoms with van der Waals surface area (Å²) in [5, 5.41) is 7.49. The summed E-state index contributed by atoms with van der Waals surface area (Å²) in [5.41, 5.74) is 3.34. The van der Waals surface area contributed by atoms with Crippen molar-refractivity contribution in [3.8, 4) is 0 Å². The summed E-state index contributed by atoms with van der Waals surface area (Å²) < 4.78 is 1.79. The maximum absolute atomic E-state index is 13.6. The van der Waals surface area contributed by atoms with E-state index < -0.39 is 0 Å². The fourth-order valence-corrected chi connectivity index (χ4v) is 4.74. The Labute approximate surface area is 157 Å². The number of pyridine rings is 1. The topological polar surface area (TPSA) is 51.0 Å². The molecule has 1 aliphatic rings. The molecule has 1 unspecified atom stereocenters. The molecule has 0 aromatic carbocycles. The van der Waals surface area contributed by atoms with Crippen molar-refractivity contribution in [2.24, 2.45) is 7.05 Å². The van der Waals surface area contributed by atoms with Gasteiger partial charge in [0.15, 0.2) is 5.65 Å². The van der Waals surface area contributed by atoms with Crippen molar-refractivity contribution in [3.63, 3.8) is 0 Å². The lowest BCUT2D eigenvalue weighted by Gasteiger charge is -2.24. The minimum Gasteiger partial charge on any atom is -0.331 e. The normalized spacial score (nSPS) is 17.6. The van der Waals surface area contributed by atoms with E-state index in [1.165, 1.54) is 4.88 Å². The van der Waals surface area contributed by atoms with Crippen LogP contribution in [0.25, 0.3) is 11.0 Å². The molecular weight excluding hydrogens is 344 g/mol. The van der Waals surface area contributed by atoms with Gasteiger partial charge in [0.25, 0.3) is 5.91 Å². The Kier molecular flexibility index (Phi) is 4.31. The molecular formula is C20H24N4OS. The van der Waals surface area contributed by atoms with Gasteiger partial charge < -0.3 is 4.90 Å². The maximum Gasteiger partial charge on any atom is 0.255 e. The molecule has 0 spiro atoms. The van der Waals surface area contributed by atoms with E-state index in [2.05, 4.69) is 36.5 Å². The minimum atomic E-state index is 0.103. The van der Waals surface area contributed by atoms with Crippen LogP contribution in [0.4, 0.5) is 0 Å². The molecule has 26 heavy (non-hydrogen) atoms. The number of carbonyl (C=O) groups is 1. The van der Waals surface area contributed by atoms with Gasteiger partial charge in [-0.1, -0.05) is 19.9 Å². The predicted octanol–water partition coefficient (Wildman–Crippen LogP) is 4.44. The average Bonchev–Trinajstić information content (AvgIpc) is 3.34. The van der Waals surface area contributed by atoms with Crippen molar-refractivity contribution in [2.75, 3.05) is 6.54 Å². The quantitative estimate of drug-likeness (QED) is 0.687. The van der Waals surface area contributed by atoms with Gasteiger partial charge in [-0.3, -0.25) is 9.48 Å². The second-order valence-corrected chi connectivity index (χ2v) is 8.31. The fourth-order valence-electron chi connectivity index (χ4n) is 3.87. The van der Waals surface area contributed by atoms with Gasteiger partial charge in [-0.2, -0.15) is 5.10 Å². The van der Waals surface area contributed by atoms with Crippen LogP contribution in [0.3, 0.4) is 0 Å². The molecule has 1 saturated heterocycles. The van der Waals surface area contributed by atoms with E-state index in [0.29, 0.717) is 0 Å². The number of rotatable bonds is 3. The number of likely N-dealkylation sites (tertiary alicyclic amines) is 1. The number of fused-ring (bicyclic) bond motifs is 1. The van der Waals surface area contributed by atoms with Gasteiger partial charge in [-0.25, -0.2) is 4.98 Å². The number of hydrogen-bond donors (Lipinski definition) is 0. The highest BCUT2D eigenvalue weighted by Gasteiger charge is 2.33. The molecule has 0 N–H and O–H groups in total. The summed E-state index contributed by atoms with van der Waals surface area (Å²) in [7, 11) is 1.89. The Morgan fingerprint density at radius 2 is 2.19 bits per heavy atom. The van der Waals surface area contributed by atoms with Gasteiger partial charge in [0.2, 0.25) is 0 Å². The third-order valence-corrected chi connectivity index (χ3v) is 6.17. The van der Waals surface area contributed by atoms with Crippen LogP contribution in [0.2, 0.25) is 0 Å². The number of amides is 1. The zero-order valence-electron chi connectivity index (χ0n) is 15.7. The van der Waals surface area contributed by atoms with E-state index in [1.807, 2.05) is 24.9 Å². The zero-order valence-corrected chi connectivity index (χ0v) is 16.5. The standard InChI is InChI=1S/C20H24N4OS/c1-12(2)15-11-14(18-13(3)22-23(4)19(18)21-15)20(25)24-9-5-7-16(24)17-8-6-10-26-17/h6,8,10-12,16H,5,7,9H2,1-4H3. The predicted molar refractivity (Wildman–Crippen MR) is 105 cm³/mol. The Bertz CT molecular complexity index is 958. The van der Waals surface area contributed by atoms with Crippen molar-refractivity contribution in [2.45, 2.75) is 45.6 Å². The molecule has 4 heterocycles. The number of carbonyl (C=O) groups excluding carboxylic acids is 1. The van der Waals surface area contributed by atoms with Crippen LogP contribution in [-0.2, 0) is 7.05 Å². The third kappa shape index (κ3) is 2.72. The van der Waals surface area contributed by atoms with Gasteiger partial charge >= 0.3 is 0 Å². The van der Waals surface area contributed by atoms with Crippen LogP contribution in [0.15, 0.2) is 23.6 Å². The largest absolute Gasteiger partial charge is 0.331 e. The van der Waals surface area contributed by atoms with Crippen LogP contribution in [-0.4, -0.2) is 32.1 Å². The second kappa shape index (κ2) is 6.50. The maximum atomic E-state index is 13.6. The highest BCUT2D eigenvalue weighted by Crippen LogP contribution is 2.37. The summed E-state index contributed by atoms with van der Waals surface area (Å²) >= 11 is 1.73. The molecule has 0 saturated carbocycles. The molecule has 3 aromatic heterocycles. The number of aryl methyl sites for hydroxylation is 2. The highest BCUT2D eigenvalue weighted by atomic mass is 32.1. The Balaban J connectivity index is 1.83. The van der Waals surface area contributed by atoms with Crippen molar-refractivity contribution in [1.82, 2.24) is 19.7 Å². The van der Waals surface area contributed by atoms with Gasteiger partial charge in [-0.15, -0.1) is 11.3 Å². The summed E-state index contributed by atoms with van der Waals surface area (Å²) in [5.74, 6) is 0.360. The Hall–Kier alpha value is -2.21. The molecule has 0 bridgehead atoms. The van der Waals surface area contributed by atoms with Crippen molar-refractivity contribution in [3.05, 3.63) is 45.4 Å². The van der Waals surface area contributed by atoms with Crippen LogP contribution in [0.5, 0.6) is 0 Å². The molecule has 5 nitrogen and oxygen atoms in total. The van der Waals surface area contributed by atoms with E-state index in [9.17, 15) is 4.79 Å². The number of nitrogens with zero attached hydrogens (tertiary/aromatic N) is 4. The Morgan fingerprint density at radius 1 is 1.38 bits per heavy atom. The SMILES string of the molecule is Cc1nn(C)c2nc(C(C)C)cc(C(=O)N3CCCC3c3cccs3)c12. The van der Waals surface area contributed by atoms with Crippen LogP contribution in [0, 0.1) is 6.92 Å². The first-order chi connectivity index (χ1) is 12.5. The first kappa shape index (κ1) is 17.2. The van der Waals surface area contributed by atoms with Crippen molar-refractivity contribution < 1.29 is 4.79 Å². The molecule has 6 heteroatoms. The van der Waals surface area contributed by atoms with Crippen LogP contribution < -0.4 is 0 Å². The summed E-state index contributed by atoms with van der Waals surface area (Å²) in [6.07, 6.45) is 2.08. The van der Waals surface area contributed by atoms with Gasteiger partial charge in [-0.05, 0) is 43.2 Å². The van der Waals surface area contributed by atoms with Crippen molar-refractivity contribution >= 4 is 28.3 Å². The highest BCUT2D eigenvalue weighted by molar-refractivity contribution is 7.10. The molecule has 0 radical (unpaired) electrons. The molecule has 4 rings (SSSR count). The van der Waals surface area contributed by atoms with Gasteiger partial charge in [0.1, 0.15) is 0 Å². The lowest BCUT2D eigenvalue weighted by atomic mass is 10.0. The third-order valence-electron chi connectivity index (χ3n) is 5.20. The summed E-state index contributed by atoms with van der Waals surface area (Å²) in [6.45, 7) is 6.98. The number of thiophene rings is 1.